The maximum atomic E-state index is 6.47. The highest BCUT2D eigenvalue weighted by Gasteiger charge is 2.23. The smallest absolute Gasteiger partial charge is 0.161 e. The Balaban J connectivity index is 1.92. The van der Waals surface area contributed by atoms with Gasteiger partial charge in [-0.25, -0.2) is 4.68 Å². The molecule has 7 heteroatoms. The van der Waals surface area contributed by atoms with Gasteiger partial charge in [-0.1, -0.05) is 23.2 Å². The molecule has 0 radical (unpaired) electrons. The van der Waals surface area contributed by atoms with Gasteiger partial charge in [-0.15, -0.1) is 0 Å². The molecule has 3 aromatic rings. The largest absolute Gasteiger partial charge is 0.493 e. The number of methoxy groups -OCH3 is 2. The zero-order valence-electron chi connectivity index (χ0n) is 15.8. The molecule has 4 rings (SSSR count). The molecule has 0 bridgehead atoms. The topological polar surface area (TPSA) is 48.3 Å². The van der Waals surface area contributed by atoms with Crippen LogP contribution in [0.15, 0.2) is 36.4 Å². The molecule has 5 nitrogen and oxygen atoms in total. The van der Waals surface area contributed by atoms with Crippen LogP contribution in [-0.4, -0.2) is 30.5 Å². The number of fused-ring (bicyclic) bond motifs is 1. The second-order valence-corrected chi connectivity index (χ2v) is 7.48. The number of benzene rings is 2. The van der Waals surface area contributed by atoms with E-state index in [4.69, 9.17) is 37.8 Å². The average molecular weight is 418 g/mol. The Morgan fingerprint density at radius 2 is 1.82 bits per heavy atom. The summed E-state index contributed by atoms with van der Waals surface area (Å²) in [5, 5.41) is 9.66. The zero-order valence-corrected chi connectivity index (χ0v) is 17.3. The molecule has 146 valence electrons. The van der Waals surface area contributed by atoms with Crippen molar-refractivity contribution in [2.24, 2.45) is 0 Å². The molecule has 2 aromatic carbocycles. The number of nitrogens with zero attached hydrogens (tertiary/aromatic N) is 2. The Bertz CT molecular complexity index is 1020. The molecule has 1 aromatic heterocycles. The molecule has 0 aliphatic carbocycles. The van der Waals surface area contributed by atoms with Crippen LogP contribution in [-0.2, 0) is 6.42 Å². The molecule has 1 aliphatic rings. The maximum Gasteiger partial charge on any atom is 0.161 e. The maximum absolute atomic E-state index is 6.47. The summed E-state index contributed by atoms with van der Waals surface area (Å²) in [6.45, 7) is 0.891. The van der Waals surface area contributed by atoms with Crippen molar-refractivity contribution in [3.8, 4) is 28.4 Å². The first-order chi connectivity index (χ1) is 13.6. The second kappa shape index (κ2) is 7.94. The molecule has 28 heavy (non-hydrogen) atoms. The van der Waals surface area contributed by atoms with Gasteiger partial charge >= 0.3 is 0 Å². The van der Waals surface area contributed by atoms with E-state index >= 15 is 0 Å². The molecule has 0 saturated heterocycles. The third-order valence-corrected chi connectivity index (χ3v) is 5.48. The first-order valence-corrected chi connectivity index (χ1v) is 9.91. The van der Waals surface area contributed by atoms with Gasteiger partial charge in [0.1, 0.15) is 5.82 Å². The molecule has 0 atom stereocenters. The summed E-state index contributed by atoms with van der Waals surface area (Å²) >= 11 is 12.7. The third-order valence-electron chi connectivity index (χ3n) is 4.92. The van der Waals surface area contributed by atoms with Gasteiger partial charge in [-0.3, -0.25) is 0 Å². The van der Waals surface area contributed by atoms with Crippen LogP contribution in [0.2, 0.25) is 10.0 Å². The lowest BCUT2D eigenvalue weighted by molar-refractivity contribution is 0.355. The monoisotopic (exact) mass is 417 g/mol. The predicted molar refractivity (Wildman–Crippen MR) is 114 cm³/mol. The van der Waals surface area contributed by atoms with E-state index in [-0.39, 0.29) is 0 Å². The van der Waals surface area contributed by atoms with Crippen molar-refractivity contribution in [2.75, 3.05) is 26.1 Å². The van der Waals surface area contributed by atoms with Gasteiger partial charge in [0.05, 0.1) is 30.6 Å². The number of aromatic nitrogens is 2. The highest BCUT2D eigenvalue weighted by atomic mass is 35.5. The molecule has 1 N–H and O–H groups in total. The summed E-state index contributed by atoms with van der Waals surface area (Å²) in [4.78, 5) is 0. The van der Waals surface area contributed by atoms with E-state index in [1.807, 2.05) is 28.9 Å². The number of nitrogens with one attached hydrogen (secondary N) is 1. The van der Waals surface area contributed by atoms with Gasteiger partial charge < -0.3 is 14.8 Å². The van der Waals surface area contributed by atoms with Crippen molar-refractivity contribution in [1.82, 2.24) is 9.78 Å². The highest BCUT2D eigenvalue weighted by molar-refractivity contribution is 6.34. The van der Waals surface area contributed by atoms with Crippen molar-refractivity contribution in [2.45, 2.75) is 19.3 Å². The van der Waals surface area contributed by atoms with Crippen LogP contribution in [0.1, 0.15) is 18.4 Å². The van der Waals surface area contributed by atoms with Gasteiger partial charge in [0.2, 0.25) is 0 Å². The van der Waals surface area contributed by atoms with Gasteiger partial charge in [-0.05, 0) is 55.7 Å². The Hall–Kier alpha value is -2.37. The van der Waals surface area contributed by atoms with Gasteiger partial charge in [0.25, 0.3) is 0 Å². The van der Waals surface area contributed by atoms with Crippen LogP contribution in [0.5, 0.6) is 11.5 Å². The first kappa shape index (κ1) is 19.0. The average Bonchev–Trinajstić information content (AvgIpc) is 2.90. The summed E-state index contributed by atoms with van der Waals surface area (Å²) in [6, 6.07) is 11.3. The van der Waals surface area contributed by atoms with E-state index in [1.165, 1.54) is 5.56 Å². The molecular formula is C21H21Cl2N3O2. The standard InChI is InChI=1S/C21H21Cl2N3O2/c1-27-18-9-6-13(11-19(18)28-2)20-15-5-3-4-10-24-21(15)26(25-20)17-12-14(22)7-8-16(17)23/h6-9,11-12,24H,3-5,10H2,1-2H3. The van der Waals surface area contributed by atoms with Crippen molar-refractivity contribution < 1.29 is 9.47 Å². The minimum Gasteiger partial charge on any atom is -0.493 e. The fraction of sp³-hybridized carbons (Fsp3) is 0.286. The fourth-order valence-electron chi connectivity index (χ4n) is 3.54. The summed E-state index contributed by atoms with van der Waals surface area (Å²) in [5.74, 6) is 2.32. The molecule has 2 heterocycles. The Morgan fingerprint density at radius 1 is 1.00 bits per heavy atom. The molecule has 0 amide bonds. The lowest BCUT2D eigenvalue weighted by atomic mass is 10.0. The normalized spacial score (nSPS) is 13.4. The summed E-state index contributed by atoms with van der Waals surface area (Å²) in [7, 11) is 3.26. The number of rotatable bonds is 4. The minimum absolute atomic E-state index is 0.597. The SMILES string of the molecule is COc1ccc(-c2nn(-c3cc(Cl)ccc3Cl)c3c2CCCCN3)cc1OC. The van der Waals surface area contributed by atoms with Crippen molar-refractivity contribution in [1.29, 1.82) is 0 Å². The number of ether oxygens (including phenoxy) is 2. The summed E-state index contributed by atoms with van der Waals surface area (Å²) in [6.07, 6.45) is 3.13. The van der Waals surface area contributed by atoms with Crippen LogP contribution in [0, 0.1) is 0 Å². The summed E-state index contributed by atoms with van der Waals surface area (Å²) in [5.41, 5.74) is 3.79. The Labute approximate surface area is 174 Å². The second-order valence-electron chi connectivity index (χ2n) is 6.64. The quantitative estimate of drug-likeness (QED) is 0.598. The highest BCUT2D eigenvalue weighted by Crippen LogP contribution is 2.39. The summed E-state index contributed by atoms with van der Waals surface area (Å²) < 4.78 is 12.7. The number of hydrogen-bond acceptors (Lipinski definition) is 4. The van der Waals surface area contributed by atoms with Gasteiger partial charge in [0.15, 0.2) is 11.5 Å². The zero-order chi connectivity index (χ0) is 19.7. The van der Waals surface area contributed by atoms with E-state index in [0.717, 1.165) is 48.6 Å². The van der Waals surface area contributed by atoms with Crippen LogP contribution < -0.4 is 14.8 Å². The van der Waals surface area contributed by atoms with E-state index in [1.54, 1.807) is 26.4 Å². The van der Waals surface area contributed by atoms with Gasteiger partial charge in [0, 0.05) is 22.7 Å². The minimum atomic E-state index is 0.597. The van der Waals surface area contributed by atoms with E-state index in [9.17, 15) is 0 Å². The van der Waals surface area contributed by atoms with Crippen LogP contribution in [0.3, 0.4) is 0 Å². The van der Waals surface area contributed by atoms with E-state index < -0.39 is 0 Å². The van der Waals surface area contributed by atoms with Crippen LogP contribution in [0.4, 0.5) is 5.82 Å². The first-order valence-electron chi connectivity index (χ1n) is 9.16. The fourth-order valence-corrected chi connectivity index (χ4v) is 3.90. The molecule has 0 fully saturated rings. The predicted octanol–water partition coefficient (Wildman–Crippen LogP) is 5.61. The van der Waals surface area contributed by atoms with E-state index in [0.29, 0.717) is 21.5 Å². The Morgan fingerprint density at radius 3 is 2.61 bits per heavy atom. The van der Waals surface area contributed by atoms with Crippen LogP contribution in [0.25, 0.3) is 16.9 Å². The molecule has 0 unspecified atom stereocenters. The molecule has 0 saturated carbocycles. The molecule has 0 spiro atoms. The van der Waals surface area contributed by atoms with Gasteiger partial charge in [-0.2, -0.15) is 5.10 Å². The molecule has 1 aliphatic heterocycles. The van der Waals surface area contributed by atoms with E-state index in [2.05, 4.69) is 5.32 Å². The van der Waals surface area contributed by atoms with Crippen LogP contribution >= 0.6 is 23.2 Å². The van der Waals surface area contributed by atoms with Crippen molar-refractivity contribution in [3.05, 3.63) is 52.0 Å². The van der Waals surface area contributed by atoms with Crippen molar-refractivity contribution in [3.63, 3.8) is 0 Å². The lowest BCUT2D eigenvalue weighted by Crippen LogP contribution is -2.07. The number of anilines is 1. The number of hydrogen-bond donors (Lipinski definition) is 1. The molecular weight excluding hydrogens is 397 g/mol. The number of halogens is 2. The Kier molecular flexibility index (Phi) is 5.38. The van der Waals surface area contributed by atoms with Crippen molar-refractivity contribution >= 4 is 29.0 Å². The third kappa shape index (κ3) is 3.40. The lowest BCUT2D eigenvalue weighted by Gasteiger charge is -2.11.